The normalized spacial score (nSPS) is 18.1. The van der Waals surface area contributed by atoms with E-state index in [1.165, 1.54) is 0 Å². The van der Waals surface area contributed by atoms with E-state index in [4.69, 9.17) is 23.2 Å². The van der Waals surface area contributed by atoms with Gasteiger partial charge in [-0.1, -0.05) is 76.9 Å². The fraction of sp³-hybridized carbons (Fsp3) is 0.0870. The van der Waals surface area contributed by atoms with Gasteiger partial charge < -0.3 is 0 Å². The number of carbonyl (C=O) groups is 1. The van der Waals surface area contributed by atoms with Gasteiger partial charge in [0.1, 0.15) is 5.37 Å². The molecule has 1 amide bonds. The zero-order valence-corrected chi connectivity index (χ0v) is 17.4. The molecule has 4 rings (SSSR count). The molecular formula is C23H17Cl2NOS. The molecule has 0 bridgehead atoms. The highest BCUT2D eigenvalue weighted by molar-refractivity contribution is 8.05. The smallest absolute Gasteiger partial charge is 0.266 e. The number of amides is 1. The second kappa shape index (κ2) is 8.04. The van der Waals surface area contributed by atoms with Crippen molar-refractivity contribution in [3.63, 3.8) is 0 Å². The van der Waals surface area contributed by atoms with Crippen molar-refractivity contribution in [2.45, 2.75) is 12.3 Å². The van der Waals surface area contributed by atoms with Gasteiger partial charge in [0.05, 0.1) is 4.91 Å². The van der Waals surface area contributed by atoms with Crippen LogP contribution in [-0.2, 0) is 4.79 Å². The fourth-order valence-electron chi connectivity index (χ4n) is 3.06. The average molecular weight is 426 g/mol. The van der Waals surface area contributed by atoms with E-state index in [-0.39, 0.29) is 11.3 Å². The van der Waals surface area contributed by atoms with Gasteiger partial charge in [-0.2, -0.15) is 0 Å². The number of aryl methyl sites for hydroxylation is 1. The van der Waals surface area contributed by atoms with Crippen LogP contribution in [0.3, 0.4) is 0 Å². The van der Waals surface area contributed by atoms with Crippen molar-refractivity contribution >= 4 is 52.6 Å². The Morgan fingerprint density at radius 3 is 2.04 bits per heavy atom. The van der Waals surface area contributed by atoms with E-state index < -0.39 is 0 Å². The molecule has 0 aromatic heterocycles. The van der Waals surface area contributed by atoms with Gasteiger partial charge in [0.2, 0.25) is 0 Å². The molecule has 1 aliphatic rings. The summed E-state index contributed by atoms with van der Waals surface area (Å²) in [4.78, 5) is 15.8. The van der Waals surface area contributed by atoms with Crippen LogP contribution in [-0.4, -0.2) is 5.91 Å². The van der Waals surface area contributed by atoms with E-state index in [0.29, 0.717) is 15.0 Å². The predicted octanol–water partition coefficient (Wildman–Crippen LogP) is 7.12. The van der Waals surface area contributed by atoms with Gasteiger partial charge in [-0.05, 0) is 60.5 Å². The van der Waals surface area contributed by atoms with Crippen molar-refractivity contribution in [2.24, 2.45) is 0 Å². The first-order chi connectivity index (χ1) is 13.5. The van der Waals surface area contributed by atoms with Crippen LogP contribution >= 0.6 is 35.0 Å². The third kappa shape index (κ3) is 3.97. The lowest BCUT2D eigenvalue weighted by Gasteiger charge is -2.24. The maximum Gasteiger partial charge on any atom is 0.266 e. The van der Waals surface area contributed by atoms with E-state index >= 15 is 0 Å². The molecule has 1 heterocycles. The van der Waals surface area contributed by atoms with Gasteiger partial charge >= 0.3 is 0 Å². The number of anilines is 1. The summed E-state index contributed by atoms with van der Waals surface area (Å²) in [5, 5.41) is 1.20. The SMILES string of the molecule is Cc1ccc(N2C(=O)/C(=C\c3ccc(Cl)cc3)S[C@@H]2c2ccc(Cl)cc2)cc1. The summed E-state index contributed by atoms with van der Waals surface area (Å²) in [6.45, 7) is 2.03. The number of halogens is 2. The summed E-state index contributed by atoms with van der Waals surface area (Å²) >= 11 is 13.6. The number of thioether (sulfide) groups is 1. The monoisotopic (exact) mass is 425 g/mol. The molecule has 0 saturated carbocycles. The summed E-state index contributed by atoms with van der Waals surface area (Å²) in [6.07, 6.45) is 1.92. The largest absolute Gasteiger partial charge is 0.291 e. The molecule has 0 unspecified atom stereocenters. The van der Waals surface area contributed by atoms with Gasteiger partial charge in [0.25, 0.3) is 5.91 Å². The lowest BCUT2D eigenvalue weighted by molar-refractivity contribution is -0.114. The first kappa shape index (κ1) is 19.1. The number of nitrogens with zero attached hydrogens (tertiary/aromatic N) is 1. The lowest BCUT2D eigenvalue weighted by Crippen LogP contribution is -2.27. The van der Waals surface area contributed by atoms with Crippen LogP contribution in [0.5, 0.6) is 0 Å². The third-order valence-corrected chi connectivity index (χ3v) is 6.29. The van der Waals surface area contributed by atoms with Gasteiger partial charge in [-0.25, -0.2) is 0 Å². The van der Waals surface area contributed by atoms with Crippen LogP contribution < -0.4 is 4.90 Å². The van der Waals surface area contributed by atoms with Gasteiger partial charge in [-0.15, -0.1) is 0 Å². The Hall–Kier alpha value is -2.20. The van der Waals surface area contributed by atoms with Gasteiger partial charge in [0.15, 0.2) is 0 Å². The van der Waals surface area contributed by atoms with Crippen LogP contribution in [0.1, 0.15) is 22.1 Å². The molecule has 1 fully saturated rings. The third-order valence-electron chi connectivity index (χ3n) is 4.54. The van der Waals surface area contributed by atoms with E-state index in [1.54, 1.807) is 11.8 Å². The van der Waals surface area contributed by atoms with E-state index in [1.807, 2.05) is 90.7 Å². The second-order valence-electron chi connectivity index (χ2n) is 6.59. The molecule has 1 saturated heterocycles. The summed E-state index contributed by atoms with van der Waals surface area (Å²) < 4.78 is 0. The van der Waals surface area contributed by atoms with Gasteiger partial charge in [0, 0.05) is 15.7 Å². The Labute approximate surface area is 178 Å². The van der Waals surface area contributed by atoms with Crippen LogP contribution in [0.4, 0.5) is 5.69 Å². The maximum absolute atomic E-state index is 13.3. The van der Waals surface area contributed by atoms with Crippen molar-refractivity contribution in [2.75, 3.05) is 4.90 Å². The molecule has 0 N–H and O–H groups in total. The highest BCUT2D eigenvalue weighted by atomic mass is 35.5. The molecule has 140 valence electrons. The van der Waals surface area contributed by atoms with E-state index in [2.05, 4.69) is 0 Å². The zero-order chi connectivity index (χ0) is 19.7. The van der Waals surface area contributed by atoms with Crippen LogP contribution in [0.2, 0.25) is 10.0 Å². The molecule has 1 aliphatic heterocycles. The number of hydrogen-bond donors (Lipinski definition) is 0. The molecule has 1 atom stereocenters. The Balaban J connectivity index is 1.75. The number of benzene rings is 3. The number of carbonyl (C=O) groups excluding carboxylic acids is 1. The lowest BCUT2D eigenvalue weighted by atomic mass is 10.1. The number of rotatable bonds is 3. The van der Waals surface area contributed by atoms with Crippen LogP contribution in [0.25, 0.3) is 6.08 Å². The average Bonchev–Trinajstić information content (AvgIpc) is 3.01. The van der Waals surface area contributed by atoms with Crippen molar-refractivity contribution in [3.8, 4) is 0 Å². The summed E-state index contributed by atoms with van der Waals surface area (Å²) in [5.74, 6) is -0.0104. The summed E-state index contributed by atoms with van der Waals surface area (Å²) in [6, 6.07) is 23.2. The van der Waals surface area contributed by atoms with Crippen molar-refractivity contribution in [1.29, 1.82) is 0 Å². The second-order valence-corrected chi connectivity index (χ2v) is 8.59. The molecule has 3 aromatic rings. The molecule has 3 aromatic carbocycles. The highest BCUT2D eigenvalue weighted by Gasteiger charge is 2.38. The standard InChI is InChI=1S/C23H17Cl2NOS/c1-15-2-12-20(13-3-15)26-22(27)21(14-16-4-8-18(24)9-5-16)28-23(26)17-6-10-19(25)11-7-17/h2-14,23H,1H3/b21-14+/t23-/m1/s1. The van der Waals surface area contributed by atoms with Gasteiger partial charge in [-0.3, -0.25) is 9.69 Å². The molecule has 0 spiro atoms. The van der Waals surface area contributed by atoms with Crippen molar-refractivity contribution in [3.05, 3.63) is 104 Å². The quantitative estimate of drug-likeness (QED) is 0.416. The molecule has 0 aliphatic carbocycles. The topological polar surface area (TPSA) is 20.3 Å². The fourth-order valence-corrected chi connectivity index (χ4v) is 4.57. The van der Waals surface area contributed by atoms with Crippen LogP contribution in [0.15, 0.2) is 77.7 Å². The highest BCUT2D eigenvalue weighted by Crippen LogP contribution is 2.48. The maximum atomic E-state index is 13.3. The minimum absolute atomic E-state index is 0.0104. The predicted molar refractivity (Wildman–Crippen MR) is 120 cm³/mol. The first-order valence-corrected chi connectivity index (χ1v) is 10.4. The number of hydrogen-bond acceptors (Lipinski definition) is 2. The minimum Gasteiger partial charge on any atom is -0.291 e. The van der Waals surface area contributed by atoms with E-state index in [0.717, 1.165) is 22.4 Å². The van der Waals surface area contributed by atoms with Crippen LogP contribution in [0, 0.1) is 6.92 Å². The molecule has 5 heteroatoms. The first-order valence-electron chi connectivity index (χ1n) is 8.81. The molecule has 28 heavy (non-hydrogen) atoms. The molecular weight excluding hydrogens is 409 g/mol. The minimum atomic E-state index is -0.147. The van der Waals surface area contributed by atoms with Crippen molar-refractivity contribution < 1.29 is 4.79 Å². The summed E-state index contributed by atoms with van der Waals surface area (Å²) in [7, 11) is 0. The summed E-state index contributed by atoms with van der Waals surface area (Å²) in [5.41, 5.74) is 4.01. The van der Waals surface area contributed by atoms with Crippen molar-refractivity contribution in [1.82, 2.24) is 0 Å². The Bertz CT molecular complexity index is 1030. The molecule has 2 nitrogen and oxygen atoms in total. The zero-order valence-electron chi connectivity index (χ0n) is 15.1. The Kier molecular flexibility index (Phi) is 5.49. The Morgan fingerprint density at radius 1 is 0.857 bits per heavy atom. The van der Waals surface area contributed by atoms with E-state index in [9.17, 15) is 4.79 Å². The Morgan fingerprint density at radius 2 is 1.43 bits per heavy atom. The molecule has 0 radical (unpaired) electrons.